The summed E-state index contributed by atoms with van der Waals surface area (Å²) >= 11 is 0. The zero-order chi connectivity index (χ0) is 24.6. The molecule has 1 aromatic heterocycles. The Morgan fingerprint density at radius 3 is 2.65 bits per heavy atom. The second-order valence-corrected chi connectivity index (χ2v) is 8.86. The maximum absolute atomic E-state index is 13.5. The van der Waals surface area contributed by atoms with Crippen molar-refractivity contribution in [3.05, 3.63) is 69.8 Å². The van der Waals surface area contributed by atoms with Crippen LogP contribution < -0.4 is 21.1 Å². The van der Waals surface area contributed by atoms with Gasteiger partial charge in [-0.3, -0.25) is 29.2 Å². The lowest BCUT2D eigenvalue weighted by molar-refractivity contribution is -0.140. The van der Waals surface area contributed by atoms with Crippen LogP contribution >= 0.6 is 0 Å². The molecule has 4 amide bonds. The molecule has 1 aliphatic heterocycles. The summed E-state index contributed by atoms with van der Waals surface area (Å²) in [7, 11) is 1.69. The van der Waals surface area contributed by atoms with Crippen LogP contribution in [0.4, 0.5) is 10.5 Å². The maximum atomic E-state index is 13.5. The van der Waals surface area contributed by atoms with Crippen LogP contribution in [0.5, 0.6) is 0 Å². The molecule has 34 heavy (non-hydrogen) atoms. The van der Waals surface area contributed by atoms with Crippen molar-refractivity contribution in [3.8, 4) is 0 Å². The molecule has 0 saturated carbocycles. The van der Waals surface area contributed by atoms with Gasteiger partial charge >= 0.3 is 6.03 Å². The Kier molecular flexibility index (Phi) is 5.95. The first-order chi connectivity index (χ1) is 16.1. The van der Waals surface area contributed by atoms with Crippen LogP contribution in [0.3, 0.4) is 0 Å². The van der Waals surface area contributed by atoms with Crippen molar-refractivity contribution in [1.29, 1.82) is 0 Å². The molecule has 0 unspecified atom stereocenters. The van der Waals surface area contributed by atoms with Gasteiger partial charge in [0.1, 0.15) is 11.4 Å². The fraction of sp³-hybridized carbons (Fsp3) is 0.320. The molecule has 2 heterocycles. The average Bonchev–Trinajstić information content (AvgIpc) is 2.80. The molecule has 0 radical (unpaired) electrons. The van der Waals surface area contributed by atoms with Crippen molar-refractivity contribution in [1.82, 2.24) is 20.2 Å². The number of hydrogen-bond acceptors (Lipinski definition) is 5. The molecule has 0 aliphatic carbocycles. The molecular weight excluding hydrogens is 434 g/mol. The smallest absolute Gasteiger partial charge is 0.321 e. The molecule has 2 N–H and O–H groups in total. The van der Waals surface area contributed by atoms with E-state index in [0.29, 0.717) is 16.7 Å². The van der Waals surface area contributed by atoms with Crippen LogP contribution in [-0.2, 0) is 21.7 Å². The highest BCUT2D eigenvalue weighted by atomic mass is 16.2. The van der Waals surface area contributed by atoms with E-state index in [4.69, 9.17) is 0 Å². The number of aromatic nitrogens is 2. The van der Waals surface area contributed by atoms with Crippen molar-refractivity contribution in [2.45, 2.75) is 45.7 Å². The topological polar surface area (TPSA) is 113 Å². The van der Waals surface area contributed by atoms with Crippen LogP contribution in [0.1, 0.15) is 36.7 Å². The Morgan fingerprint density at radius 1 is 1.18 bits per heavy atom. The summed E-state index contributed by atoms with van der Waals surface area (Å²) in [6.07, 6.45) is 0.360. The highest BCUT2D eigenvalue weighted by Gasteiger charge is 2.42. The molecule has 1 aliphatic rings. The number of aryl methyl sites for hydroxylation is 2. The highest BCUT2D eigenvalue weighted by Crippen LogP contribution is 2.27. The van der Waals surface area contributed by atoms with Gasteiger partial charge in [0.15, 0.2) is 0 Å². The number of carbonyl (C=O) groups is 3. The van der Waals surface area contributed by atoms with E-state index in [1.54, 1.807) is 39.1 Å². The number of fused-ring (bicyclic) bond motifs is 1. The molecule has 1 atom stereocenters. The van der Waals surface area contributed by atoms with Crippen LogP contribution in [0.15, 0.2) is 47.3 Å². The molecule has 2 aromatic carbocycles. The van der Waals surface area contributed by atoms with Gasteiger partial charge in [-0.1, -0.05) is 18.2 Å². The van der Waals surface area contributed by atoms with Gasteiger partial charge in [0.05, 0.1) is 10.9 Å². The molecule has 0 spiro atoms. The van der Waals surface area contributed by atoms with Crippen LogP contribution in [0.25, 0.3) is 10.9 Å². The number of carbonyl (C=O) groups excluding carboxylic acids is 3. The number of piperidine rings is 1. The van der Waals surface area contributed by atoms with Crippen molar-refractivity contribution in [3.63, 3.8) is 0 Å². The van der Waals surface area contributed by atoms with E-state index >= 15 is 0 Å². The van der Waals surface area contributed by atoms with E-state index < -0.39 is 11.4 Å². The fourth-order valence-corrected chi connectivity index (χ4v) is 4.29. The van der Waals surface area contributed by atoms with Crippen molar-refractivity contribution in [2.75, 3.05) is 11.9 Å². The van der Waals surface area contributed by atoms with Gasteiger partial charge in [0.25, 0.3) is 11.5 Å². The zero-order valence-corrected chi connectivity index (χ0v) is 19.6. The molecule has 4 rings (SSSR count). The van der Waals surface area contributed by atoms with Gasteiger partial charge in [-0.05, 0) is 62.6 Å². The standard InChI is InChI=1S/C25H27N5O4/c1-15-6-5-7-18(12-15)29(4)24(34)26-14-17-8-9-20-19(13-17)22(32)30(16(2)27-20)25(3)11-10-21(31)28-23(25)33/h5-9,12-13H,10-11,14H2,1-4H3,(H,26,34)(H,28,31,33)/t25-/m0/s1. The summed E-state index contributed by atoms with van der Waals surface area (Å²) in [6, 6.07) is 12.6. The normalized spacial score (nSPS) is 18.0. The molecule has 9 nitrogen and oxygen atoms in total. The Labute approximate surface area is 196 Å². The summed E-state index contributed by atoms with van der Waals surface area (Å²) in [6.45, 7) is 5.49. The zero-order valence-electron chi connectivity index (χ0n) is 19.6. The van der Waals surface area contributed by atoms with E-state index in [-0.39, 0.29) is 36.9 Å². The average molecular weight is 462 g/mol. The van der Waals surface area contributed by atoms with Gasteiger partial charge in [-0.15, -0.1) is 0 Å². The Balaban J connectivity index is 1.61. The van der Waals surface area contributed by atoms with Gasteiger partial charge in [-0.2, -0.15) is 0 Å². The Bertz CT molecular complexity index is 1380. The Morgan fingerprint density at radius 2 is 1.94 bits per heavy atom. The van der Waals surface area contributed by atoms with Crippen molar-refractivity contribution >= 4 is 34.4 Å². The monoisotopic (exact) mass is 461 g/mol. The van der Waals surface area contributed by atoms with Gasteiger partial charge < -0.3 is 5.32 Å². The number of hydrogen-bond donors (Lipinski definition) is 2. The number of nitrogens with zero attached hydrogens (tertiary/aromatic N) is 3. The lowest BCUT2D eigenvalue weighted by Crippen LogP contribution is -2.56. The number of imide groups is 1. The first-order valence-corrected chi connectivity index (χ1v) is 11.1. The van der Waals surface area contributed by atoms with Crippen LogP contribution in [0, 0.1) is 13.8 Å². The summed E-state index contributed by atoms with van der Waals surface area (Å²) in [4.78, 5) is 56.4. The summed E-state index contributed by atoms with van der Waals surface area (Å²) in [5.74, 6) is -0.474. The minimum atomic E-state index is -1.21. The first kappa shape index (κ1) is 23.2. The maximum Gasteiger partial charge on any atom is 0.321 e. The van der Waals surface area contributed by atoms with Gasteiger partial charge in [0, 0.05) is 25.7 Å². The number of amides is 4. The lowest BCUT2D eigenvalue weighted by Gasteiger charge is -2.34. The van der Waals surface area contributed by atoms with Gasteiger partial charge in [0.2, 0.25) is 5.91 Å². The predicted octanol–water partition coefficient (Wildman–Crippen LogP) is 2.51. The molecular formula is C25H27N5O4. The molecule has 9 heteroatoms. The minimum absolute atomic E-state index is 0.146. The molecule has 176 valence electrons. The summed E-state index contributed by atoms with van der Waals surface area (Å²) in [5, 5.41) is 5.53. The van der Waals surface area contributed by atoms with Crippen LogP contribution in [-0.4, -0.2) is 34.4 Å². The third kappa shape index (κ3) is 4.16. The quantitative estimate of drug-likeness (QED) is 0.580. The fourth-order valence-electron chi connectivity index (χ4n) is 4.29. The van der Waals surface area contributed by atoms with E-state index in [9.17, 15) is 19.2 Å². The number of nitrogens with one attached hydrogen (secondary N) is 2. The number of anilines is 1. The number of urea groups is 1. The summed E-state index contributed by atoms with van der Waals surface area (Å²) < 4.78 is 1.37. The van der Waals surface area contributed by atoms with E-state index in [1.165, 1.54) is 9.47 Å². The largest absolute Gasteiger partial charge is 0.334 e. The first-order valence-electron chi connectivity index (χ1n) is 11.1. The molecule has 1 fully saturated rings. The minimum Gasteiger partial charge on any atom is -0.334 e. The second-order valence-electron chi connectivity index (χ2n) is 8.86. The third-order valence-electron chi connectivity index (χ3n) is 6.31. The SMILES string of the molecule is Cc1cccc(N(C)C(=O)NCc2ccc3nc(C)n([C@@]4(C)CCC(=O)NC4=O)c(=O)c3c2)c1. The molecule has 1 saturated heterocycles. The van der Waals surface area contributed by atoms with Crippen molar-refractivity contribution in [2.24, 2.45) is 0 Å². The second kappa shape index (κ2) is 8.74. The van der Waals surface area contributed by atoms with E-state index in [1.807, 2.05) is 31.2 Å². The van der Waals surface area contributed by atoms with E-state index in [0.717, 1.165) is 16.8 Å². The highest BCUT2D eigenvalue weighted by molar-refractivity contribution is 6.01. The van der Waals surface area contributed by atoms with Crippen molar-refractivity contribution < 1.29 is 14.4 Å². The molecule has 0 bridgehead atoms. The van der Waals surface area contributed by atoms with Crippen LogP contribution in [0.2, 0.25) is 0 Å². The number of rotatable bonds is 4. The third-order valence-corrected chi connectivity index (χ3v) is 6.31. The summed E-state index contributed by atoms with van der Waals surface area (Å²) in [5.41, 5.74) is 1.48. The number of benzene rings is 2. The Hall–Kier alpha value is -4.01. The predicted molar refractivity (Wildman–Crippen MR) is 129 cm³/mol. The van der Waals surface area contributed by atoms with Gasteiger partial charge in [-0.25, -0.2) is 9.78 Å². The molecule has 3 aromatic rings. The lowest BCUT2D eigenvalue weighted by atomic mass is 9.90. The van der Waals surface area contributed by atoms with E-state index in [2.05, 4.69) is 15.6 Å².